The summed E-state index contributed by atoms with van der Waals surface area (Å²) in [5.74, 6) is -14.1. The Morgan fingerprint density at radius 3 is 1.94 bits per heavy atom. The number of likely N-dealkylation sites (N-methyl/N-ethyl adjacent to an activating group) is 1. The van der Waals surface area contributed by atoms with Crippen molar-refractivity contribution in [2.24, 2.45) is 17.4 Å². The molecule has 3 fully saturated rings. The average molecular weight is 1930 g/mol. The molecule has 11 bridgehead atoms. The van der Waals surface area contributed by atoms with Crippen LogP contribution in [-0.4, -0.2) is 238 Å². The monoisotopic (exact) mass is 1920 g/mol. The van der Waals surface area contributed by atoms with Crippen LogP contribution in [0.2, 0.25) is 10.0 Å². The first-order chi connectivity index (χ1) is 64.6. The number of halogens is 2. The molecule has 8 aliphatic heterocycles. The maximum Gasteiger partial charge on any atom is 0.256 e. The number of aromatic hydroxyl groups is 3. The molecule has 2 unspecified atom stereocenters. The van der Waals surface area contributed by atoms with Crippen molar-refractivity contribution in [2.75, 3.05) is 25.5 Å². The highest BCUT2D eigenvalue weighted by molar-refractivity contribution is 6.32. The van der Waals surface area contributed by atoms with Gasteiger partial charge in [0.25, 0.3) is 5.91 Å². The van der Waals surface area contributed by atoms with Gasteiger partial charge in [0.05, 0.1) is 41.3 Å². The summed E-state index contributed by atoms with van der Waals surface area (Å²) in [7, 11) is 1.47. The number of carbonyl (C=O) groups excluding carboxylic acids is 8. The predicted molar refractivity (Wildman–Crippen MR) is 482 cm³/mol. The normalized spacial score (nSPS) is 28.2. The molecule has 42 heteroatoms. The Morgan fingerprint density at radius 1 is 0.625 bits per heavy atom. The van der Waals surface area contributed by atoms with Crippen LogP contribution >= 0.6 is 23.2 Å². The number of nitrogens with two attached hydrogens (primary N) is 2. The number of ether oxygens (including phenoxy) is 9. The first kappa shape index (κ1) is 100.0. The first-order valence-corrected chi connectivity index (χ1v) is 44.4. The molecular weight excluding hydrogens is 1820 g/mol. The largest absolute Gasteiger partial charge is 0.508 e. The summed E-state index contributed by atoms with van der Waals surface area (Å²) in [5, 5.41) is 164. The molecule has 40 nitrogen and oxygen atoms in total. The molecule has 0 saturated carbocycles. The second-order valence-electron chi connectivity index (χ2n) is 34.9. The van der Waals surface area contributed by atoms with Crippen LogP contribution in [-0.2, 0) is 70.4 Å². The van der Waals surface area contributed by atoms with E-state index < -0.39 is 279 Å². The molecule has 0 aliphatic carbocycles. The number of fused-ring (bicyclic) bond motifs is 15. The number of aliphatic hydroxyl groups is 9. The van der Waals surface area contributed by atoms with E-state index in [1.807, 2.05) is 51.1 Å². The van der Waals surface area contributed by atoms with Gasteiger partial charge < -0.3 is 163 Å². The number of anilines is 1. The molecule has 8 aromatic rings. The minimum Gasteiger partial charge on any atom is -0.508 e. The molecule has 16 rings (SSSR count). The molecule has 136 heavy (non-hydrogen) atoms. The molecule has 3 saturated heterocycles. The zero-order valence-electron chi connectivity index (χ0n) is 74.3. The third kappa shape index (κ3) is 22.2. The van der Waals surface area contributed by atoms with E-state index >= 15 is 24.0 Å². The summed E-state index contributed by atoms with van der Waals surface area (Å²) in [5.41, 5.74) is 12.3. The third-order valence-corrected chi connectivity index (χ3v) is 24.9. The number of amides is 8. The van der Waals surface area contributed by atoms with Crippen molar-refractivity contribution in [3.05, 3.63) is 211 Å². The Balaban J connectivity index is 0.848. The standard InChI is InChI=1S/C94H107Cl2N11O29/c1-39(2)24-56(99-7)86(122)105-71-73(113)46-18-22-60(54(95)27-46)130-62-29-48-30-63(81(62)135-93-78(118)76(116)82(65(37-108)133-93)136-92-77(117)75(115)74(114)64(132-92)36-100-35-44-14-11-15-49(25-44)101-84(120)51-20-16-40(3)79(41(51)4)128-38-43-12-9-8-10-13-43)131-61-23-19-47(28-55(61)96)80(134-67-34-94(6,98)83(119)42(5)129-67)72-91(127)107-85(121)53-31-50(109)32-59(111)68(53)52-26-45(17-21-58(52)110)69(88(124)106-72)104-89(125)70(48)103-87(123)57(33-66(97)112)102-90(71)126/h8-23,25-32,39,42,56-57,64-65,67,69-78,80,82-83,85,92-93,99-100,108-111,113-119,121H,24,33-38,98H2,1-7H3,(H2,97,112)(H,101,120)(H,102,126)(H,103,123)(H,104,125)(H,105,122)(H,106,124)(H,107,127)/t42-,56+,57?,64+,65+,67-,69+,70+,71?,72-,73+,74-,75-,76+,77+,78+,80+,82+,83-,85-,92-,93-,94-/m0/s1. The summed E-state index contributed by atoms with van der Waals surface area (Å²) in [4.78, 5) is 120. The van der Waals surface area contributed by atoms with Crippen molar-refractivity contribution in [3.8, 4) is 62.9 Å². The summed E-state index contributed by atoms with van der Waals surface area (Å²) < 4.78 is 57.7. The highest BCUT2D eigenvalue weighted by Crippen LogP contribution is 2.51. The van der Waals surface area contributed by atoms with E-state index in [4.69, 9.17) is 77.3 Å². The van der Waals surface area contributed by atoms with E-state index in [2.05, 4.69) is 47.9 Å². The molecule has 23 atom stereocenters. The number of primary amides is 1. The highest BCUT2D eigenvalue weighted by atomic mass is 35.5. The second-order valence-corrected chi connectivity index (χ2v) is 35.7. The zero-order chi connectivity index (χ0) is 97.9. The van der Waals surface area contributed by atoms with Crippen LogP contribution in [0.15, 0.2) is 146 Å². The molecule has 8 heterocycles. The van der Waals surface area contributed by atoms with Gasteiger partial charge in [0.2, 0.25) is 53.4 Å². The molecule has 726 valence electrons. The van der Waals surface area contributed by atoms with Gasteiger partial charge in [0.15, 0.2) is 30.3 Å². The zero-order valence-corrected chi connectivity index (χ0v) is 75.8. The van der Waals surface area contributed by atoms with Gasteiger partial charge in [-0.25, -0.2) is 0 Å². The number of benzene rings is 8. The molecule has 8 aromatic carbocycles. The van der Waals surface area contributed by atoms with Gasteiger partial charge >= 0.3 is 0 Å². The number of aryl methyl sites for hydroxylation is 1. The fraction of sp³-hybridized carbons (Fsp3) is 0.404. The number of hydrogen-bond acceptors (Lipinski definition) is 32. The number of phenolic OH excluding ortho intramolecular Hbond substituents is 3. The van der Waals surface area contributed by atoms with E-state index in [0.29, 0.717) is 28.1 Å². The van der Waals surface area contributed by atoms with Crippen molar-refractivity contribution >= 4 is 76.1 Å². The van der Waals surface area contributed by atoms with Crippen LogP contribution < -0.4 is 78.3 Å². The van der Waals surface area contributed by atoms with E-state index in [-0.39, 0.29) is 55.1 Å². The number of carbonyl (C=O) groups is 8. The minimum absolute atomic E-state index is 0.0685. The van der Waals surface area contributed by atoms with Crippen LogP contribution in [0.4, 0.5) is 5.69 Å². The lowest BCUT2D eigenvalue weighted by molar-refractivity contribution is -0.350. The topological polar surface area (TPSA) is 623 Å². The van der Waals surface area contributed by atoms with Gasteiger partial charge in [-0.05, 0) is 159 Å². The molecule has 25 N–H and O–H groups in total. The Labute approximate surface area is 788 Å². The summed E-state index contributed by atoms with van der Waals surface area (Å²) in [6.45, 7) is 9.22. The van der Waals surface area contributed by atoms with Crippen molar-refractivity contribution in [3.63, 3.8) is 0 Å². The van der Waals surface area contributed by atoms with Crippen molar-refractivity contribution < 1.29 is 142 Å². The Hall–Kier alpha value is -12.0. The fourth-order valence-electron chi connectivity index (χ4n) is 17.1. The molecule has 8 aliphatic rings. The van der Waals surface area contributed by atoms with Gasteiger partial charge in [0, 0.05) is 64.6 Å². The Morgan fingerprint density at radius 2 is 1.27 bits per heavy atom. The first-order valence-electron chi connectivity index (χ1n) is 43.6. The van der Waals surface area contributed by atoms with Crippen molar-refractivity contribution in [2.45, 2.75) is 214 Å². The quantitative estimate of drug-likeness (QED) is 0.0437. The number of phenols is 3. The fourth-order valence-corrected chi connectivity index (χ4v) is 17.6. The van der Waals surface area contributed by atoms with Gasteiger partial charge in [-0.15, -0.1) is 0 Å². The molecule has 8 amide bonds. The lowest BCUT2D eigenvalue weighted by atomic mass is 9.86. The van der Waals surface area contributed by atoms with Crippen LogP contribution in [0.5, 0.6) is 51.7 Å². The predicted octanol–water partition coefficient (Wildman–Crippen LogP) is 3.04. The van der Waals surface area contributed by atoms with E-state index in [0.717, 1.165) is 65.7 Å². The van der Waals surface area contributed by atoms with Crippen LogP contribution in [0.1, 0.15) is 138 Å². The number of aliphatic hydroxyl groups excluding tert-OH is 9. The van der Waals surface area contributed by atoms with E-state index in [1.54, 1.807) is 43.3 Å². The molecule has 0 spiro atoms. The number of nitrogens with one attached hydrogen (secondary N) is 9. The van der Waals surface area contributed by atoms with Crippen LogP contribution in [0.3, 0.4) is 0 Å². The van der Waals surface area contributed by atoms with Crippen LogP contribution in [0.25, 0.3) is 11.1 Å². The van der Waals surface area contributed by atoms with Gasteiger partial charge in [-0.3, -0.25) is 38.4 Å². The minimum atomic E-state index is -2.41. The van der Waals surface area contributed by atoms with Crippen molar-refractivity contribution in [1.29, 1.82) is 0 Å². The average Bonchev–Trinajstić information content (AvgIpc) is 0.766. The van der Waals surface area contributed by atoms with E-state index in [1.165, 1.54) is 45.2 Å². The van der Waals surface area contributed by atoms with Gasteiger partial charge in [-0.2, -0.15) is 0 Å². The molecule has 0 radical (unpaired) electrons. The van der Waals surface area contributed by atoms with E-state index in [9.17, 15) is 75.7 Å². The SMILES string of the molecule is CN[C@H](CC(C)C)C(=O)NC1C(=O)NC(CC(N)=O)C(=O)N[C@H]2C(=O)N[C@H]3C(=O)N[C@H](C(=O)N[C@@H](O)c4cc(O)cc(O)c4-c4cc3ccc4O)[C@H](O[C@H]3C[C@](C)(N)[C@@H](O)[C@H](C)O3)c3ccc(c(Cl)c3)Oc3cc2cc(c3O[C@@H]2O[C@H](CO)[C@@H](O[C@@H]3O[C@H](CNCc4cccc(NC(=O)c5ccc(C)c(OCc6ccccc6)c5C)c4)[C@H](O)[C@H](O)[C@H]3O)[C@H](O)[C@H]2O)Oc2ccc(cc2Cl)[C@H]1O. The third-order valence-electron chi connectivity index (χ3n) is 24.4. The lowest BCUT2D eigenvalue weighted by Crippen LogP contribution is -2.65. The number of hydrogen-bond donors (Lipinski definition) is 23. The van der Waals surface area contributed by atoms with Crippen LogP contribution in [0, 0.1) is 19.8 Å². The summed E-state index contributed by atoms with van der Waals surface area (Å²) >= 11 is 14.5. The maximum atomic E-state index is 16.5. The number of rotatable bonds is 23. The summed E-state index contributed by atoms with van der Waals surface area (Å²) in [6, 6.07) is 21.8. The van der Waals surface area contributed by atoms with Gasteiger partial charge in [-0.1, -0.05) is 104 Å². The second kappa shape index (κ2) is 42.3. The molecule has 0 aromatic heterocycles. The lowest BCUT2D eigenvalue weighted by Gasteiger charge is -2.46. The Bertz CT molecular complexity index is 5810. The molecular formula is C94H107Cl2N11O29. The maximum absolute atomic E-state index is 16.5. The smallest absolute Gasteiger partial charge is 0.256 e. The highest BCUT2D eigenvalue weighted by Gasteiger charge is 2.53. The Kier molecular flexibility index (Phi) is 31.1. The summed E-state index contributed by atoms with van der Waals surface area (Å²) in [6.07, 6.45) is -31.5. The van der Waals surface area contributed by atoms with Crippen molar-refractivity contribution in [1.82, 2.24) is 42.5 Å². The van der Waals surface area contributed by atoms with Gasteiger partial charge in [0.1, 0.15) is 132 Å².